The van der Waals surface area contributed by atoms with E-state index in [-0.39, 0.29) is 21.7 Å². The zero-order chi connectivity index (χ0) is 16.3. The van der Waals surface area contributed by atoms with Crippen molar-refractivity contribution in [1.29, 1.82) is 0 Å². The number of aryl methyl sites for hydroxylation is 1. The van der Waals surface area contributed by atoms with Crippen molar-refractivity contribution in [2.45, 2.75) is 26.4 Å². The van der Waals surface area contributed by atoms with E-state index in [4.69, 9.17) is 11.6 Å². The van der Waals surface area contributed by atoms with Gasteiger partial charge in [0, 0.05) is 24.2 Å². The molecule has 2 aromatic carbocycles. The molecule has 2 rings (SSSR count). The van der Waals surface area contributed by atoms with Gasteiger partial charge in [-0.1, -0.05) is 29.8 Å². The smallest absolute Gasteiger partial charge is 0.272 e. The number of benzene rings is 2. The molecule has 0 amide bonds. The van der Waals surface area contributed by atoms with Crippen molar-refractivity contribution in [2.75, 3.05) is 0 Å². The van der Waals surface area contributed by atoms with Crippen LogP contribution in [0.2, 0.25) is 5.02 Å². The molecule has 0 bridgehead atoms. The largest absolute Gasteiger partial charge is 0.306 e. The summed E-state index contributed by atoms with van der Waals surface area (Å²) >= 11 is 5.74. The topological polar surface area (TPSA) is 55.2 Å². The van der Waals surface area contributed by atoms with E-state index >= 15 is 0 Å². The Hall–Kier alpha value is -1.98. The molecule has 22 heavy (non-hydrogen) atoms. The number of hydrogen-bond donors (Lipinski definition) is 1. The predicted molar refractivity (Wildman–Crippen MR) is 84.5 cm³/mol. The molecule has 0 heterocycles. The molecular weight excluding hydrogens is 307 g/mol. The van der Waals surface area contributed by atoms with E-state index in [9.17, 15) is 14.5 Å². The molecular formula is C16H16ClFN2O2. The zero-order valence-electron chi connectivity index (χ0n) is 12.3. The van der Waals surface area contributed by atoms with E-state index in [2.05, 4.69) is 5.32 Å². The van der Waals surface area contributed by atoms with Crippen LogP contribution in [-0.4, -0.2) is 4.92 Å². The molecule has 0 saturated carbocycles. The summed E-state index contributed by atoms with van der Waals surface area (Å²) in [4.78, 5) is 10.6. The van der Waals surface area contributed by atoms with E-state index in [1.807, 2.05) is 13.0 Å². The van der Waals surface area contributed by atoms with Crippen LogP contribution in [-0.2, 0) is 6.54 Å². The molecule has 0 fully saturated rings. The number of nitro groups is 1. The van der Waals surface area contributed by atoms with E-state index in [0.717, 1.165) is 11.1 Å². The van der Waals surface area contributed by atoms with Crippen molar-refractivity contribution in [2.24, 2.45) is 0 Å². The lowest BCUT2D eigenvalue weighted by atomic mass is 10.0. The summed E-state index contributed by atoms with van der Waals surface area (Å²) in [5, 5.41) is 14.3. The number of rotatable bonds is 5. The van der Waals surface area contributed by atoms with E-state index < -0.39 is 5.82 Å². The van der Waals surface area contributed by atoms with Crippen LogP contribution in [0.25, 0.3) is 0 Å². The average Bonchev–Trinajstić information content (AvgIpc) is 2.48. The lowest BCUT2D eigenvalue weighted by Gasteiger charge is -2.15. The fourth-order valence-corrected chi connectivity index (χ4v) is 2.33. The highest BCUT2D eigenvalue weighted by atomic mass is 35.5. The fraction of sp³-hybridized carbons (Fsp3) is 0.250. The Morgan fingerprint density at radius 3 is 2.68 bits per heavy atom. The van der Waals surface area contributed by atoms with Crippen molar-refractivity contribution in [3.63, 3.8) is 0 Å². The molecule has 0 radical (unpaired) electrons. The first-order valence-corrected chi connectivity index (χ1v) is 7.18. The molecule has 0 aliphatic rings. The maximum atomic E-state index is 13.1. The van der Waals surface area contributed by atoms with Gasteiger partial charge in [0.1, 0.15) is 5.82 Å². The minimum absolute atomic E-state index is 0.0804. The standard InChI is InChI=1S/C16H16ClFN2O2/c1-10-3-5-13(8-16(10)20(21)22)11(2)19-9-12-4-6-15(18)14(17)7-12/h3-8,11,19H,9H2,1-2H3. The van der Waals surface area contributed by atoms with Crippen molar-refractivity contribution in [3.8, 4) is 0 Å². The maximum Gasteiger partial charge on any atom is 0.272 e. The van der Waals surface area contributed by atoms with Gasteiger partial charge < -0.3 is 5.32 Å². The summed E-state index contributed by atoms with van der Waals surface area (Å²) in [6, 6.07) is 9.62. The second-order valence-electron chi connectivity index (χ2n) is 5.15. The van der Waals surface area contributed by atoms with Crippen molar-refractivity contribution >= 4 is 17.3 Å². The second kappa shape index (κ2) is 6.85. The van der Waals surface area contributed by atoms with Gasteiger partial charge in [0.15, 0.2) is 0 Å². The van der Waals surface area contributed by atoms with Crippen LogP contribution in [0.3, 0.4) is 0 Å². The maximum absolute atomic E-state index is 13.1. The van der Waals surface area contributed by atoms with Gasteiger partial charge in [-0.2, -0.15) is 0 Å². The van der Waals surface area contributed by atoms with E-state index in [1.54, 1.807) is 31.2 Å². The SMILES string of the molecule is Cc1ccc(C(C)NCc2ccc(F)c(Cl)c2)cc1[N+](=O)[O-]. The average molecular weight is 323 g/mol. The number of hydrogen-bond acceptors (Lipinski definition) is 3. The third-order valence-corrected chi connectivity index (χ3v) is 3.82. The molecule has 0 aliphatic heterocycles. The highest BCUT2D eigenvalue weighted by molar-refractivity contribution is 6.30. The van der Waals surface area contributed by atoms with Crippen LogP contribution in [0.4, 0.5) is 10.1 Å². The van der Waals surface area contributed by atoms with E-state index in [1.165, 1.54) is 6.07 Å². The van der Waals surface area contributed by atoms with Gasteiger partial charge in [-0.25, -0.2) is 4.39 Å². The first-order valence-electron chi connectivity index (χ1n) is 6.80. The third kappa shape index (κ3) is 3.81. The van der Waals surface area contributed by atoms with Gasteiger partial charge in [0.2, 0.25) is 0 Å². The van der Waals surface area contributed by atoms with Crippen molar-refractivity contribution in [3.05, 3.63) is 74.0 Å². The Bertz CT molecular complexity index is 707. The molecule has 0 spiro atoms. The van der Waals surface area contributed by atoms with Crippen LogP contribution >= 0.6 is 11.6 Å². The molecule has 0 aromatic heterocycles. The number of nitrogens with zero attached hydrogens (tertiary/aromatic N) is 1. The Morgan fingerprint density at radius 2 is 2.05 bits per heavy atom. The van der Waals surface area contributed by atoms with Crippen molar-refractivity contribution in [1.82, 2.24) is 5.32 Å². The van der Waals surface area contributed by atoms with Crippen LogP contribution in [0.5, 0.6) is 0 Å². The van der Waals surface area contributed by atoms with Crippen LogP contribution in [0.1, 0.15) is 29.7 Å². The lowest BCUT2D eigenvalue weighted by Crippen LogP contribution is -2.18. The van der Waals surface area contributed by atoms with Gasteiger partial charge in [-0.15, -0.1) is 0 Å². The van der Waals surface area contributed by atoms with E-state index in [0.29, 0.717) is 12.1 Å². The minimum atomic E-state index is -0.451. The quantitative estimate of drug-likeness (QED) is 0.649. The molecule has 6 heteroatoms. The summed E-state index contributed by atoms with van der Waals surface area (Å²) in [6.45, 7) is 4.11. The third-order valence-electron chi connectivity index (χ3n) is 3.53. The first-order chi connectivity index (χ1) is 10.4. The number of nitro benzene ring substituents is 1. The van der Waals surface area contributed by atoms with Gasteiger partial charge in [0.05, 0.1) is 9.95 Å². The molecule has 1 unspecified atom stereocenters. The Labute approximate surface area is 133 Å². The zero-order valence-corrected chi connectivity index (χ0v) is 13.0. The molecule has 1 atom stereocenters. The Kier molecular flexibility index (Phi) is 5.11. The second-order valence-corrected chi connectivity index (χ2v) is 5.56. The van der Waals surface area contributed by atoms with Crippen LogP contribution in [0.15, 0.2) is 36.4 Å². The monoisotopic (exact) mass is 322 g/mol. The highest BCUT2D eigenvalue weighted by Crippen LogP contribution is 2.23. The number of halogens is 2. The normalized spacial score (nSPS) is 12.2. The predicted octanol–water partition coefficient (Wildman–Crippen LogP) is 4.55. The minimum Gasteiger partial charge on any atom is -0.306 e. The molecule has 4 nitrogen and oxygen atoms in total. The van der Waals surface area contributed by atoms with Crippen LogP contribution in [0, 0.1) is 22.9 Å². The molecule has 116 valence electrons. The Morgan fingerprint density at radius 1 is 1.32 bits per heavy atom. The summed E-state index contributed by atoms with van der Waals surface area (Å²) in [7, 11) is 0. The summed E-state index contributed by atoms with van der Waals surface area (Å²) in [5.41, 5.74) is 2.41. The van der Waals surface area contributed by atoms with Crippen LogP contribution < -0.4 is 5.32 Å². The summed E-state index contributed by atoms with van der Waals surface area (Å²) in [5.74, 6) is -0.451. The Balaban J connectivity index is 2.09. The molecule has 1 N–H and O–H groups in total. The summed E-state index contributed by atoms with van der Waals surface area (Å²) in [6.07, 6.45) is 0. The molecule has 2 aromatic rings. The van der Waals surface area contributed by atoms with Gasteiger partial charge >= 0.3 is 0 Å². The number of nitrogens with one attached hydrogen (secondary N) is 1. The van der Waals surface area contributed by atoms with Crippen molar-refractivity contribution < 1.29 is 9.31 Å². The highest BCUT2D eigenvalue weighted by Gasteiger charge is 2.14. The lowest BCUT2D eigenvalue weighted by molar-refractivity contribution is -0.385. The first kappa shape index (κ1) is 16.4. The summed E-state index contributed by atoms with van der Waals surface area (Å²) < 4.78 is 13.1. The molecule has 0 aliphatic carbocycles. The van der Waals surface area contributed by atoms with Gasteiger partial charge in [-0.3, -0.25) is 10.1 Å². The van der Waals surface area contributed by atoms with Gasteiger partial charge in [0.25, 0.3) is 5.69 Å². The fourth-order valence-electron chi connectivity index (χ4n) is 2.13. The molecule has 0 saturated heterocycles. The van der Waals surface area contributed by atoms with Gasteiger partial charge in [-0.05, 0) is 37.1 Å².